The maximum atomic E-state index is 13.5. The van der Waals surface area contributed by atoms with Crippen molar-refractivity contribution < 1.29 is 19.4 Å². The molecule has 0 bridgehead atoms. The standard InChI is InChI=1S/C34H41N3O5Si/c1-24-30(17-16-25-12-9-14-28(20-25)37-34(40)29-15-8-7-13-27(29)22-35-37)42-31(33(24)43(2,3)41)21-32(39)36(18-19-38)23-26-10-5-4-6-11-26/h4-15,20,22,24,30-31,33,38,41H,16-19,21,23H2,1-3H3/t24-,30+,31-,33+/m0/s1. The first-order valence-corrected chi connectivity index (χ1v) is 18.0. The van der Waals surface area contributed by atoms with Crippen LogP contribution in [0.4, 0.5) is 0 Å². The normalized spacial score (nSPS) is 20.4. The molecule has 9 heteroatoms. The molecule has 1 aliphatic heterocycles. The molecule has 1 fully saturated rings. The molecule has 0 unspecified atom stereocenters. The number of aliphatic hydroxyl groups is 1. The summed E-state index contributed by atoms with van der Waals surface area (Å²) in [5.41, 5.74) is 2.52. The van der Waals surface area contributed by atoms with E-state index in [1.165, 1.54) is 4.68 Å². The average molecular weight is 600 g/mol. The van der Waals surface area contributed by atoms with Crippen molar-refractivity contribution in [2.24, 2.45) is 5.92 Å². The van der Waals surface area contributed by atoms with Crippen LogP contribution in [0, 0.1) is 5.92 Å². The van der Waals surface area contributed by atoms with Gasteiger partial charge in [0.2, 0.25) is 5.91 Å². The first kappa shape index (κ1) is 30.8. The van der Waals surface area contributed by atoms with Crippen LogP contribution < -0.4 is 5.56 Å². The predicted molar refractivity (Wildman–Crippen MR) is 170 cm³/mol. The third-order valence-electron chi connectivity index (χ3n) is 8.60. The van der Waals surface area contributed by atoms with Crippen molar-refractivity contribution in [2.75, 3.05) is 13.2 Å². The van der Waals surface area contributed by atoms with Crippen LogP contribution in [0.25, 0.3) is 16.5 Å². The van der Waals surface area contributed by atoms with Gasteiger partial charge in [-0.15, -0.1) is 0 Å². The number of rotatable bonds is 11. The van der Waals surface area contributed by atoms with Crippen LogP contribution in [0.2, 0.25) is 18.6 Å². The zero-order chi connectivity index (χ0) is 30.6. The van der Waals surface area contributed by atoms with Gasteiger partial charge in [-0.25, -0.2) is 0 Å². The number of hydrogen-bond acceptors (Lipinski definition) is 6. The molecule has 5 rings (SSSR count). The highest BCUT2D eigenvalue weighted by Crippen LogP contribution is 2.45. The minimum absolute atomic E-state index is 0.0813. The van der Waals surface area contributed by atoms with Crippen LogP contribution in [-0.2, 0) is 22.5 Å². The second-order valence-electron chi connectivity index (χ2n) is 12.1. The number of hydrogen-bond donors (Lipinski definition) is 2. The van der Waals surface area contributed by atoms with Gasteiger partial charge in [0.1, 0.15) is 0 Å². The lowest BCUT2D eigenvalue weighted by Crippen LogP contribution is -2.42. The quantitative estimate of drug-likeness (QED) is 0.242. The molecule has 1 aromatic heterocycles. The van der Waals surface area contributed by atoms with Crippen LogP contribution in [0.1, 0.15) is 30.9 Å². The van der Waals surface area contributed by atoms with Gasteiger partial charge in [-0.05, 0) is 61.2 Å². The third-order valence-corrected chi connectivity index (χ3v) is 11.1. The fourth-order valence-corrected chi connectivity index (χ4v) is 9.16. The maximum Gasteiger partial charge on any atom is 0.279 e. The Bertz CT molecular complexity index is 1600. The van der Waals surface area contributed by atoms with Gasteiger partial charge in [-0.2, -0.15) is 9.78 Å². The van der Waals surface area contributed by atoms with Gasteiger partial charge in [0.25, 0.3) is 5.56 Å². The number of amides is 1. The SMILES string of the molecule is C[C@@H]1[C@@H]([Si](C)(C)O)[C@H](CC(=O)N(CCO)Cc2ccccc2)O[C@@H]1CCc1cccc(-n2ncc3ccccc3c2=O)c1. The third kappa shape index (κ3) is 7.13. The molecule has 8 nitrogen and oxygen atoms in total. The summed E-state index contributed by atoms with van der Waals surface area (Å²) in [6.07, 6.45) is 2.81. The minimum atomic E-state index is -2.67. The van der Waals surface area contributed by atoms with E-state index in [0.29, 0.717) is 17.6 Å². The number of nitrogens with zero attached hydrogens (tertiary/aromatic N) is 3. The number of aromatic nitrogens is 2. The number of aliphatic hydroxyl groups excluding tert-OH is 1. The molecule has 2 N–H and O–H groups in total. The summed E-state index contributed by atoms with van der Waals surface area (Å²) in [6.45, 7) is 6.51. The van der Waals surface area contributed by atoms with Crippen molar-refractivity contribution in [3.8, 4) is 5.69 Å². The Morgan fingerprint density at radius 2 is 1.72 bits per heavy atom. The van der Waals surface area contributed by atoms with E-state index in [2.05, 4.69) is 12.0 Å². The van der Waals surface area contributed by atoms with E-state index in [0.717, 1.165) is 29.4 Å². The molecule has 1 amide bonds. The fraction of sp³-hybridized carbons (Fsp3) is 0.382. The lowest BCUT2D eigenvalue weighted by Gasteiger charge is -2.31. The van der Waals surface area contributed by atoms with Crippen LogP contribution in [0.5, 0.6) is 0 Å². The Morgan fingerprint density at radius 3 is 2.47 bits per heavy atom. The Labute approximate surface area is 253 Å². The maximum absolute atomic E-state index is 13.5. The van der Waals surface area contributed by atoms with Gasteiger partial charge in [0.05, 0.1) is 42.5 Å². The van der Waals surface area contributed by atoms with Crippen LogP contribution in [0.3, 0.4) is 0 Å². The summed E-state index contributed by atoms with van der Waals surface area (Å²) in [5.74, 6) is -0.00197. The molecule has 4 aromatic rings. The van der Waals surface area contributed by atoms with E-state index < -0.39 is 8.32 Å². The molecular formula is C34H41N3O5Si. The molecule has 1 saturated heterocycles. The van der Waals surface area contributed by atoms with Gasteiger partial charge >= 0.3 is 0 Å². The molecular weight excluding hydrogens is 558 g/mol. The van der Waals surface area contributed by atoms with Crippen molar-refractivity contribution >= 4 is 25.0 Å². The summed E-state index contributed by atoms with van der Waals surface area (Å²) in [5, 5.41) is 15.5. The summed E-state index contributed by atoms with van der Waals surface area (Å²) in [6, 6.07) is 25.0. The number of benzene rings is 3. The smallest absolute Gasteiger partial charge is 0.279 e. The number of ether oxygens (including phenoxy) is 1. The molecule has 43 heavy (non-hydrogen) atoms. The highest BCUT2D eigenvalue weighted by Gasteiger charge is 2.50. The van der Waals surface area contributed by atoms with Crippen molar-refractivity contribution in [1.82, 2.24) is 14.7 Å². The fourth-order valence-electron chi connectivity index (χ4n) is 6.55. The lowest BCUT2D eigenvalue weighted by atomic mass is 9.95. The van der Waals surface area contributed by atoms with E-state index >= 15 is 0 Å². The van der Waals surface area contributed by atoms with E-state index in [-0.39, 0.29) is 54.7 Å². The number of fused-ring (bicyclic) bond motifs is 1. The van der Waals surface area contributed by atoms with Crippen molar-refractivity contribution in [3.63, 3.8) is 0 Å². The monoisotopic (exact) mass is 599 g/mol. The lowest BCUT2D eigenvalue weighted by molar-refractivity contribution is -0.135. The van der Waals surface area contributed by atoms with Gasteiger partial charge in [0.15, 0.2) is 8.32 Å². The van der Waals surface area contributed by atoms with Crippen molar-refractivity contribution in [1.29, 1.82) is 0 Å². The molecule has 0 radical (unpaired) electrons. The molecule has 0 saturated carbocycles. The van der Waals surface area contributed by atoms with E-state index in [9.17, 15) is 19.5 Å². The van der Waals surface area contributed by atoms with Crippen molar-refractivity contribution in [2.45, 2.75) is 63.6 Å². The first-order chi connectivity index (χ1) is 20.7. The highest BCUT2D eigenvalue weighted by molar-refractivity contribution is 6.71. The Balaban J connectivity index is 1.29. The zero-order valence-electron chi connectivity index (χ0n) is 25.1. The minimum Gasteiger partial charge on any atom is -0.432 e. The molecule has 3 aromatic carbocycles. The molecule has 0 aliphatic carbocycles. The largest absolute Gasteiger partial charge is 0.432 e. The topological polar surface area (TPSA) is 105 Å². The predicted octanol–water partition coefficient (Wildman–Crippen LogP) is 4.70. The zero-order valence-corrected chi connectivity index (χ0v) is 26.1. The number of aryl methyl sites for hydroxylation is 1. The van der Waals surface area contributed by atoms with E-state index in [1.54, 1.807) is 11.1 Å². The second kappa shape index (κ2) is 13.3. The number of carbonyl (C=O) groups excluding carboxylic acids is 1. The Kier molecular flexibility index (Phi) is 9.56. The first-order valence-electron chi connectivity index (χ1n) is 15.0. The van der Waals surface area contributed by atoms with Gasteiger partial charge in [-0.1, -0.05) is 67.6 Å². The molecule has 2 heterocycles. The van der Waals surface area contributed by atoms with Crippen LogP contribution in [0.15, 0.2) is 89.9 Å². The molecule has 4 atom stereocenters. The van der Waals surface area contributed by atoms with E-state index in [4.69, 9.17) is 4.74 Å². The summed E-state index contributed by atoms with van der Waals surface area (Å²) >= 11 is 0. The summed E-state index contributed by atoms with van der Waals surface area (Å²) in [7, 11) is -2.67. The average Bonchev–Trinajstić information content (AvgIpc) is 3.31. The van der Waals surface area contributed by atoms with Gasteiger partial charge in [-0.3, -0.25) is 9.59 Å². The van der Waals surface area contributed by atoms with Crippen LogP contribution in [-0.4, -0.2) is 64.2 Å². The Morgan fingerprint density at radius 1 is 1.00 bits per heavy atom. The van der Waals surface area contributed by atoms with Crippen LogP contribution >= 0.6 is 0 Å². The summed E-state index contributed by atoms with van der Waals surface area (Å²) in [4.78, 5) is 39.5. The molecule has 1 aliphatic rings. The summed E-state index contributed by atoms with van der Waals surface area (Å²) < 4.78 is 8.00. The number of carbonyl (C=O) groups is 1. The van der Waals surface area contributed by atoms with Gasteiger partial charge in [0, 0.05) is 24.0 Å². The molecule has 226 valence electrons. The molecule has 0 spiro atoms. The van der Waals surface area contributed by atoms with Crippen molar-refractivity contribution in [3.05, 3.63) is 107 Å². The van der Waals surface area contributed by atoms with Gasteiger partial charge < -0.3 is 19.5 Å². The highest BCUT2D eigenvalue weighted by atomic mass is 28.4. The van der Waals surface area contributed by atoms with E-state index in [1.807, 2.05) is 92.0 Å². The second-order valence-corrected chi connectivity index (χ2v) is 16.1. The Hall–Kier alpha value is -3.63.